The second-order valence-corrected chi connectivity index (χ2v) is 13.4. The van der Waals surface area contributed by atoms with Crippen LogP contribution in [0.25, 0.3) is 5.69 Å². The fraction of sp³-hybridized carbons (Fsp3) is 0.344. The van der Waals surface area contributed by atoms with Gasteiger partial charge in [0.2, 0.25) is 0 Å². The van der Waals surface area contributed by atoms with Gasteiger partial charge in [-0.05, 0) is 79.3 Å². The Morgan fingerprint density at radius 1 is 0.861 bits per heavy atom. The van der Waals surface area contributed by atoms with Gasteiger partial charge in [0.05, 0.1) is 19.0 Å². The lowest BCUT2D eigenvalue weighted by Gasteiger charge is -2.36. The van der Waals surface area contributed by atoms with Gasteiger partial charge >= 0.3 is 0 Å². The highest BCUT2D eigenvalue weighted by Crippen LogP contribution is 2.68. The Kier molecular flexibility index (Phi) is 5.43. The Morgan fingerprint density at radius 3 is 2.08 bits per heavy atom. The first-order chi connectivity index (χ1) is 17.3. The summed E-state index contributed by atoms with van der Waals surface area (Å²) in [7, 11) is 0.955. The van der Waals surface area contributed by atoms with Crippen molar-refractivity contribution >= 4 is 23.8 Å². The van der Waals surface area contributed by atoms with E-state index in [1.54, 1.807) is 7.11 Å². The fourth-order valence-electron chi connectivity index (χ4n) is 6.89. The molecule has 0 aliphatic heterocycles. The minimum atomic E-state index is -0.830. The molecule has 1 aromatic heterocycles. The van der Waals surface area contributed by atoms with Crippen LogP contribution >= 0.6 is 7.92 Å². The first kappa shape index (κ1) is 23.5. The van der Waals surface area contributed by atoms with E-state index in [2.05, 4.69) is 112 Å². The van der Waals surface area contributed by atoms with Crippen LogP contribution in [0.5, 0.6) is 5.75 Å². The molecule has 0 N–H and O–H groups in total. The van der Waals surface area contributed by atoms with Crippen molar-refractivity contribution in [3.63, 3.8) is 0 Å². The molecule has 2 aliphatic rings. The number of para-hydroxylation sites is 1. The molecule has 0 unspecified atom stereocenters. The molecule has 3 nitrogen and oxygen atoms in total. The number of benzene rings is 3. The van der Waals surface area contributed by atoms with Crippen molar-refractivity contribution in [1.29, 1.82) is 0 Å². The van der Waals surface area contributed by atoms with Gasteiger partial charge in [0.25, 0.3) is 0 Å². The smallest absolute Gasteiger partial charge is 0.145 e. The van der Waals surface area contributed by atoms with E-state index < -0.39 is 7.92 Å². The van der Waals surface area contributed by atoms with Crippen molar-refractivity contribution in [3.05, 3.63) is 95.3 Å². The van der Waals surface area contributed by atoms with E-state index in [-0.39, 0.29) is 10.8 Å². The van der Waals surface area contributed by atoms with Crippen LogP contribution in [-0.2, 0) is 5.41 Å². The summed E-state index contributed by atoms with van der Waals surface area (Å²) in [6.07, 6.45) is 4.60. The van der Waals surface area contributed by atoms with E-state index in [9.17, 15) is 0 Å². The summed E-state index contributed by atoms with van der Waals surface area (Å²) >= 11 is 0. The topological polar surface area (TPSA) is 27.1 Å². The quantitative estimate of drug-likeness (QED) is 0.299. The number of ether oxygens (including phenoxy) is 1. The molecule has 0 amide bonds. The summed E-state index contributed by atoms with van der Waals surface area (Å²) in [5.74, 6) is 1.45. The molecule has 4 aromatic rings. The van der Waals surface area contributed by atoms with E-state index in [1.165, 1.54) is 51.1 Å². The molecule has 0 radical (unpaired) electrons. The standard InChI is InChI=1S/C32H35N2OP/c1-21-12-7-9-15-26(21)36(27-16-10-8-13-22(27)2)28-17-11-14-25(35-6)29(28)34-30-23(20-33-34)24-18-19-32(30,5)31(24,3)4/h7-17,20,24H,18-19H2,1-6H3/t24-,32+/m1/s1. The molecule has 0 saturated heterocycles. The maximum atomic E-state index is 6.07. The minimum absolute atomic E-state index is 0.0930. The van der Waals surface area contributed by atoms with Crippen LogP contribution in [0.3, 0.4) is 0 Å². The Morgan fingerprint density at radius 2 is 1.47 bits per heavy atom. The zero-order valence-electron chi connectivity index (χ0n) is 22.2. The first-order valence-corrected chi connectivity index (χ1v) is 14.3. The molecular weight excluding hydrogens is 459 g/mol. The lowest BCUT2D eigenvalue weighted by atomic mass is 9.70. The first-order valence-electron chi connectivity index (χ1n) is 13.0. The summed E-state index contributed by atoms with van der Waals surface area (Å²) in [6, 6.07) is 24.2. The van der Waals surface area contributed by atoms with Gasteiger partial charge in [-0.15, -0.1) is 0 Å². The maximum absolute atomic E-state index is 6.07. The molecule has 1 fully saturated rings. The zero-order valence-corrected chi connectivity index (χ0v) is 23.1. The average molecular weight is 495 g/mol. The van der Waals surface area contributed by atoms with E-state index in [1.807, 2.05) is 0 Å². The Bertz CT molecular complexity index is 1420. The number of hydrogen-bond donors (Lipinski definition) is 0. The van der Waals surface area contributed by atoms with Crippen molar-refractivity contribution in [2.75, 3.05) is 7.11 Å². The van der Waals surface area contributed by atoms with E-state index in [0.29, 0.717) is 5.92 Å². The Balaban J connectivity index is 1.66. The largest absolute Gasteiger partial charge is 0.494 e. The number of hydrogen-bond acceptors (Lipinski definition) is 2. The van der Waals surface area contributed by atoms with E-state index in [4.69, 9.17) is 9.84 Å². The molecule has 2 atom stereocenters. The minimum Gasteiger partial charge on any atom is -0.494 e. The van der Waals surface area contributed by atoms with Gasteiger partial charge in [-0.2, -0.15) is 5.10 Å². The van der Waals surface area contributed by atoms with E-state index >= 15 is 0 Å². The summed E-state index contributed by atoms with van der Waals surface area (Å²) < 4.78 is 8.33. The molecule has 184 valence electrons. The predicted molar refractivity (Wildman–Crippen MR) is 151 cm³/mol. The highest BCUT2D eigenvalue weighted by molar-refractivity contribution is 7.80. The molecule has 6 rings (SSSR count). The SMILES string of the molecule is COc1cccc(P(c2ccccc2C)c2ccccc2C)c1-n1ncc2c1[C@]1(C)CC[C@H]2C1(C)C. The molecular formula is C32H35N2OP. The highest BCUT2D eigenvalue weighted by atomic mass is 31.1. The Labute approximate surface area is 216 Å². The third-order valence-electron chi connectivity index (χ3n) is 9.28. The van der Waals surface area contributed by atoms with Gasteiger partial charge in [0.15, 0.2) is 0 Å². The van der Waals surface area contributed by atoms with Crippen LogP contribution < -0.4 is 20.7 Å². The summed E-state index contributed by atoms with van der Waals surface area (Å²) in [5.41, 5.74) is 6.87. The van der Waals surface area contributed by atoms with Crippen LogP contribution in [0.2, 0.25) is 0 Å². The molecule has 3 aromatic carbocycles. The van der Waals surface area contributed by atoms with Crippen LogP contribution in [0, 0.1) is 19.3 Å². The summed E-state index contributed by atoms with van der Waals surface area (Å²) in [4.78, 5) is 0. The van der Waals surface area contributed by atoms with E-state index in [0.717, 1.165) is 11.4 Å². The predicted octanol–water partition coefficient (Wildman–Crippen LogP) is 6.43. The molecule has 2 bridgehead atoms. The lowest BCUT2D eigenvalue weighted by Crippen LogP contribution is -2.35. The van der Waals surface area contributed by atoms with Crippen molar-refractivity contribution in [3.8, 4) is 11.4 Å². The number of aryl methyl sites for hydroxylation is 2. The van der Waals surface area contributed by atoms with Gasteiger partial charge in [0, 0.05) is 10.7 Å². The number of rotatable bonds is 5. The molecule has 0 spiro atoms. The van der Waals surface area contributed by atoms with Gasteiger partial charge < -0.3 is 4.74 Å². The highest BCUT2D eigenvalue weighted by Gasteiger charge is 2.61. The average Bonchev–Trinajstić information content (AvgIpc) is 3.45. The second-order valence-electron chi connectivity index (χ2n) is 11.2. The number of aromatic nitrogens is 2. The molecule has 1 saturated carbocycles. The third kappa shape index (κ3) is 3.12. The third-order valence-corrected chi connectivity index (χ3v) is 12.1. The molecule has 36 heavy (non-hydrogen) atoms. The Hall–Kier alpha value is -2.90. The summed E-state index contributed by atoms with van der Waals surface area (Å²) in [5, 5.41) is 9.15. The fourth-order valence-corrected chi connectivity index (χ4v) is 9.65. The van der Waals surface area contributed by atoms with Gasteiger partial charge in [0.1, 0.15) is 11.4 Å². The second kappa shape index (κ2) is 8.32. The van der Waals surface area contributed by atoms with Crippen molar-refractivity contribution < 1.29 is 4.74 Å². The zero-order chi connectivity index (χ0) is 25.2. The van der Waals surface area contributed by atoms with Crippen LogP contribution in [0.15, 0.2) is 72.9 Å². The molecule has 1 heterocycles. The van der Waals surface area contributed by atoms with Crippen molar-refractivity contribution in [2.45, 2.75) is 58.8 Å². The van der Waals surface area contributed by atoms with Gasteiger partial charge in [-0.1, -0.05) is 81.4 Å². The molecule has 4 heteroatoms. The van der Waals surface area contributed by atoms with Crippen LogP contribution in [0.1, 0.15) is 61.9 Å². The molecule has 2 aliphatic carbocycles. The van der Waals surface area contributed by atoms with Crippen molar-refractivity contribution in [2.24, 2.45) is 5.41 Å². The number of methoxy groups -OCH3 is 1. The maximum Gasteiger partial charge on any atom is 0.145 e. The summed E-state index contributed by atoms with van der Waals surface area (Å²) in [6.45, 7) is 11.8. The van der Waals surface area contributed by atoms with Crippen LogP contribution in [-0.4, -0.2) is 16.9 Å². The van der Waals surface area contributed by atoms with Gasteiger partial charge in [-0.3, -0.25) is 0 Å². The number of nitrogens with zero attached hydrogens (tertiary/aromatic N) is 2. The van der Waals surface area contributed by atoms with Crippen molar-refractivity contribution in [1.82, 2.24) is 9.78 Å². The van der Waals surface area contributed by atoms with Crippen LogP contribution in [0.4, 0.5) is 0 Å². The van der Waals surface area contributed by atoms with Gasteiger partial charge in [-0.25, -0.2) is 4.68 Å². The normalized spacial score (nSPS) is 21.7. The lowest BCUT2D eigenvalue weighted by molar-refractivity contribution is 0.222. The number of fused-ring (bicyclic) bond motifs is 5. The monoisotopic (exact) mass is 494 g/mol.